The van der Waals surface area contributed by atoms with E-state index in [1.54, 1.807) is 0 Å². The van der Waals surface area contributed by atoms with E-state index < -0.39 is 0 Å². The molecule has 0 aromatic carbocycles. The Morgan fingerprint density at radius 1 is 1.50 bits per heavy atom. The highest BCUT2D eigenvalue weighted by Gasteiger charge is 2.10. The van der Waals surface area contributed by atoms with Crippen molar-refractivity contribution in [1.82, 2.24) is 19.7 Å². The summed E-state index contributed by atoms with van der Waals surface area (Å²) in [6, 6.07) is 1.39. The van der Waals surface area contributed by atoms with Gasteiger partial charge in [-0.2, -0.15) is 4.98 Å². The summed E-state index contributed by atoms with van der Waals surface area (Å²) in [5.74, 6) is 1.25. The van der Waals surface area contributed by atoms with E-state index in [2.05, 4.69) is 15.1 Å². The zero-order valence-corrected chi connectivity index (χ0v) is 9.12. The van der Waals surface area contributed by atoms with Crippen molar-refractivity contribution >= 4 is 0 Å². The summed E-state index contributed by atoms with van der Waals surface area (Å²) in [5, 5.41) is 3.80. The van der Waals surface area contributed by atoms with Gasteiger partial charge in [0, 0.05) is 18.2 Å². The van der Waals surface area contributed by atoms with Crippen molar-refractivity contribution in [2.75, 3.05) is 0 Å². The molecule has 2 aromatic heterocycles. The van der Waals surface area contributed by atoms with Crippen LogP contribution in [0.1, 0.15) is 31.5 Å². The maximum Gasteiger partial charge on any atom is 0.253 e. The van der Waals surface area contributed by atoms with Crippen LogP contribution in [0.5, 0.6) is 0 Å². The SMILES string of the molecule is CC(C)c1nc(Cn2cnccc2=O)no1. The first-order chi connectivity index (χ1) is 7.66. The maximum atomic E-state index is 11.4. The fourth-order valence-electron chi connectivity index (χ4n) is 1.22. The summed E-state index contributed by atoms with van der Waals surface area (Å²) >= 11 is 0. The molecule has 0 aliphatic rings. The van der Waals surface area contributed by atoms with Gasteiger partial charge in [-0.1, -0.05) is 19.0 Å². The van der Waals surface area contributed by atoms with Crippen molar-refractivity contribution in [3.05, 3.63) is 40.7 Å². The lowest BCUT2D eigenvalue weighted by Gasteiger charge is -1.98. The van der Waals surface area contributed by atoms with Crippen molar-refractivity contribution in [1.29, 1.82) is 0 Å². The molecule has 0 bridgehead atoms. The van der Waals surface area contributed by atoms with Gasteiger partial charge < -0.3 is 4.52 Å². The lowest BCUT2D eigenvalue weighted by molar-refractivity contribution is 0.359. The van der Waals surface area contributed by atoms with Gasteiger partial charge in [0.2, 0.25) is 5.89 Å². The molecule has 84 valence electrons. The van der Waals surface area contributed by atoms with Gasteiger partial charge >= 0.3 is 0 Å². The van der Waals surface area contributed by atoms with Crippen LogP contribution in [0.3, 0.4) is 0 Å². The third-order valence-corrected chi connectivity index (χ3v) is 2.08. The minimum Gasteiger partial charge on any atom is -0.339 e. The zero-order chi connectivity index (χ0) is 11.5. The molecule has 0 atom stereocenters. The van der Waals surface area contributed by atoms with Crippen molar-refractivity contribution in [2.45, 2.75) is 26.3 Å². The third-order valence-electron chi connectivity index (χ3n) is 2.08. The highest BCUT2D eigenvalue weighted by molar-refractivity contribution is 4.93. The lowest BCUT2D eigenvalue weighted by atomic mass is 10.2. The van der Waals surface area contributed by atoms with Crippen LogP contribution in [-0.2, 0) is 6.54 Å². The molecular weight excluding hydrogens is 208 g/mol. The first-order valence-electron chi connectivity index (χ1n) is 5.00. The summed E-state index contributed by atoms with van der Waals surface area (Å²) < 4.78 is 6.47. The van der Waals surface area contributed by atoms with Crippen molar-refractivity contribution < 1.29 is 4.52 Å². The molecule has 0 amide bonds. The van der Waals surface area contributed by atoms with Gasteiger partial charge in [0.05, 0.1) is 12.9 Å². The maximum absolute atomic E-state index is 11.4. The Bertz CT molecular complexity index is 529. The molecule has 0 N–H and O–H groups in total. The number of aromatic nitrogens is 4. The quantitative estimate of drug-likeness (QED) is 0.764. The summed E-state index contributed by atoms with van der Waals surface area (Å²) in [4.78, 5) is 19.4. The summed E-state index contributed by atoms with van der Waals surface area (Å²) in [6.45, 7) is 4.21. The molecule has 6 heteroatoms. The summed E-state index contributed by atoms with van der Waals surface area (Å²) in [6.07, 6.45) is 2.91. The van der Waals surface area contributed by atoms with Gasteiger partial charge in [0.1, 0.15) is 0 Å². The Balaban J connectivity index is 2.21. The van der Waals surface area contributed by atoms with E-state index in [9.17, 15) is 4.79 Å². The van der Waals surface area contributed by atoms with Crippen molar-refractivity contribution in [3.63, 3.8) is 0 Å². The number of hydrogen-bond acceptors (Lipinski definition) is 5. The van der Waals surface area contributed by atoms with Crippen LogP contribution in [0, 0.1) is 0 Å². The van der Waals surface area contributed by atoms with Gasteiger partial charge in [-0.15, -0.1) is 0 Å². The largest absolute Gasteiger partial charge is 0.339 e. The van der Waals surface area contributed by atoms with Crippen molar-refractivity contribution in [2.24, 2.45) is 0 Å². The topological polar surface area (TPSA) is 73.8 Å². The normalized spacial score (nSPS) is 10.9. The average Bonchev–Trinajstić information content (AvgIpc) is 2.70. The van der Waals surface area contributed by atoms with Crippen LogP contribution in [0.15, 0.2) is 27.9 Å². The first kappa shape index (κ1) is 10.5. The van der Waals surface area contributed by atoms with Crippen LogP contribution >= 0.6 is 0 Å². The second-order valence-electron chi connectivity index (χ2n) is 3.75. The lowest BCUT2D eigenvalue weighted by Crippen LogP contribution is -2.19. The molecule has 0 saturated carbocycles. The van der Waals surface area contributed by atoms with Crippen LogP contribution < -0.4 is 5.56 Å². The smallest absolute Gasteiger partial charge is 0.253 e. The summed E-state index contributed by atoms with van der Waals surface area (Å²) in [7, 11) is 0. The predicted octanol–water partition coefficient (Wildman–Crippen LogP) is 0.798. The van der Waals surface area contributed by atoms with E-state index in [-0.39, 0.29) is 18.0 Å². The molecule has 0 saturated heterocycles. The Hall–Kier alpha value is -1.98. The van der Waals surface area contributed by atoms with Gasteiger partial charge in [-0.25, -0.2) is 4.98 Å². The van der Waals surface area contributed by atoms with Crippen molar-refractivity contribution in [3.8, 4) is 0 Å². The van der Waals surface area contributed by atoms with E-state index in [1.165, 1.54) is 23.2 Å². The molecule has 0 aliphatic carbocycles. The monoisotopic (exact) mass is 220 g/mol. The molecule has 0 fully saturated rings. The molecule has 6 nitrogen and oxygen atoms in total. The Morgan fingerprint density at radius 2 is 2.31 bits per heavy atom. The number of nitrogens with zero attached hydrogens (tertiary/aromatic N) is 4. The number of rotatable bonds is 3. The highest BCUT2D eigenvalue weighted by atomic mass is 16.5. The minimum atomic E-state index is -0.133. The average molecular weight is 220 g/mol. The molecule has 0 unspecified atom stereocenters. The highest BCUT2D eigenvalue weighted by Crippen LogP contribution is 2.10. The molecule has 2 aromatic rings. The third kappa shape index (κ3) is 2.16. The molecule has 0 spiro atoms. The summed E-state index contributed by atoms with van der Waals surface area (Å²) in [5.41, 5.74) is -0.133. The van der Waals surface area contributed by atoms with Gasteiger partial charge in [-0.3, -0.25) is 9.36 Å². The minimum absolute atomic E-state index is 0.133. The van der Waals surface area contributed by atoms with E-state index in [1.807, 2.05) is 13.8 Å². The van der Waals surface area contributed by atoms with Crippen LogP contribution in [0.2, 0.25) is 0 Å². The standard InChI is InChI=1S/C10H12N4O2/c1-7(2)10-12-8(13-16-10)5-14-6-11-4-3-9(14)15/h3-4,6-7H,5H2,1-2H3. The van der Waals surface area contributed by atoms with Crippen LogP contribution in [0.4, 0.5) is 0 Å². The number of hydrogen-bond donors (Lipinski definition) is 0. The van der Waals surface area contributed by atoms with E-state index in [0.717, 1.165) is 0 Å². The molecule has 16 heavy (non-hydrogen) atoms. The Morgan fingerprint density at radius 3 is 2.94 bits per heavy atom. The Kier molecular flexibility index (Phi) is 2.80. The van der Waals surface area contributed by atoms with Crippen LogP contribution in [0.25, 0.3) is 0 Å². The molecule has 2 rings (SSSR count). The molecule has 0 aliphatic heterocycles. The van der Waals surface area contributed by atoms with Gasteiger partial charge in [0.25, 0.3) is 5.56 Å². The van der Waals surface area contributed by atoms with Gasteiger partial charge in [0.15, 0.2) is 5.82 Å². The Labute approximate surface area is 91.9 Å². The first-order valence-corrected chi connectivity index (χ1v) is 5.00. The molecule has 0 radical (unpaired) electrons. The fourth-order valence-corrected chi connectivity index (χ4v) is 1.22. The second-order valence-corrected chi connectivity index (χ2v) is 3.75. The van der Waals surface area contributed by atoms with E-state index in [4.69, 9.17) is 4.52 Å². The van der Waals surface area contributed by atoms with Gasteiger partial charge in [-0.05, 0) is 0 Å². The fraction of sp³-hybridized carbons (Fsp3) is 0.400. The zero-order valence-electron chi connectivity index (χ0n) is 9.12. The van der Waals surface area contributed by atoms with E-state index >= 15 is 0 Å². The van der Waals surface area contributed by atoms with E-state index in [0.29, 0.717) is 11.7 Å². The second kappa shape index (κ2) is 4.26. The van der Waals surface area contributed by atoms with Crippen LogP contribution in [-0.4, -0.2) is 19.7 Å². The predicted molar refractivity (Wildman–Crippen MR) is 56.0 cm³/mol. The molecular formula is C10H12N4O2. The molecule has 2 heterocycles.